The third kappa shape index (κ3) is 2.28. The van der Waals surface area contributed by atoms with Gasteiger partial charge in [-0.15, -0.1) is 0 Å². The molecule has 1 aliphatic heterocycles. The molecule has 0 spiro atoms. The minimum atomic E-state index is -0.486. The molecule has 0 unspecified atom stereocenters. The summed E-state index contributed by atoms with van der Waals surface area (Å²) < 4.78 is 16.5. The zero-order chi connectivity index (χ0) is 13.3. The predicted molar refractivity (Wildman–Crippen MR) is 67.8 cm³/mol. The molecule has 0 saturated heterocycles. The van der Waals surface area contributed by atoms with Gasteiger partial charge in [0, 0.05) is 12.1 Å². The number of Topliss-reactive ketones (excluding diaryl/α,β-unsaturated/α-hetero) is 1. The van der Waals surface area contributed by atoms with Crippen molar-refractivity contribution in [3.05, 3.63) is 17.7 Å². The van der Waals surface area contributed by atoms with Crippen LogP contribution >= 0.6 is 0 Å². The number of ketones is 1. The molecule has 0 amide bonds. The van der Waals surface area contributed by atoms with E-state index in [9.17, 15) is 4.79 Å². The van der Waals surface area contributed by atoms with E-state index in [2.05, 4.69) is 0 Å². The SMILES string of the molecule is CCOc1cc(OC)c2c(c1)OC(C)(C)CC2=O. The molecular weight excluding hydrogens is 232 g/mol. The smallest absolute Gasteiger partial charge is 0.174 e. The molecule has 0 saturated carbocycles. The van der Waals surface area contributed by atoms with Crippen molar-refractivity contribution >= 4 is 5.78 Å². The lowest BCUT2D eigenvalue weighted by Gasteiger charge is -2.32. The van der Waals surface area contributed by atoms with Gasteiger partial charge >= 0.3 is 0 Å². The molecule has 1 aliphatic rings. The summed E-state index contributed by atoms with van der Waals surface area (Å²) in [6.07, 6.45) is 0.352. The van der Waals surface area contributed by atoms with Gasteiger partial charge in [0.25, 0.3) is 0 Å². The summed E-state index contributed by atoms with van der Waals surface area (Å²) in [4.78, 5) is 12.1. The molecule has 0 aliphatic carbocycles. The second-order valence-electron chi connectivity index (χ2n) is 4.89. The number of rotatable bonds is 3. The maximum absolute atomic E-state index is 12.1. The summed E-state index contributed by atoms with van der Waals surface area (Å²) >= 11 is 0. The van der Waals surface area contributed by atoms with Gasteiger partial charge in [0.2, 0.25) is 0 Å². The van der Waals surface area contributed by atoms with Gasteiger partial charge in [-0.2, -0.15) is 0 Å². The topological polar surface area (TPSA) is 44.8 Å². The zero-order valence-electron chi connectivity index (χ0n) is 11.2. The Balaban J connectivity index is 2.52. The number of ether oxygens (including phenoxy) is 3. The number of hydrogen-bond acceptors (Lipinski definition) is 4. The largest absolute Gasteiger partial charge is 0.496 e. The normalized spacial score (nSPS) is 16.8. The second kappa shape index (κ2) is 4.52. The zero-order valence-corrected chi connectivity index (χ0v) is 11.2. The van der Waals surface area contributed by atoms with E-state index in [0.717, 1.165) is 0 Å². The van der Waals surface area contributed by atoms with Crippen LogP contribution in [0.1, 0.15) is 37.6 Å². The van der Waals surface area contributed by atoms with Crippen LogP contribution in [0.25, 0.3) is 0 Å². The number of benzene rings is 1. The fourth-order valence-electron chi connectivity index (χ4n) is 2.14. The third-order valence-electron chi connectivity index (χ3n) is 2.82. The summed E-state index contributed by atoms with van der Waals surface area (Å²) in [5.74, 6) is 1.75. The molecule has 0 atom stereocenters. The predicted octanol–water partition coefficient (Wildman–Crippen LogP) is 2.84. The lowest BCUT2D eigenvalue weighted by molar-refractivity contribution is 0.0612. The number of carbonyl (C=O) groups excluding carboxylic acids is 1. The Morgan fingerprint density at radius 3 is 2.72 bits per heavy atom. The number of carbonyl (C=O) groups is 1. The molecule has 2 rings (SSSR count). The molecule has 0 radical (unpaired) electrons. The standard InChI is InChI=1S/C14H18O4/c1-5-17-9-6-11(16-4)13-10(15)8-14(2,3)18-12(13)7-9/h6-7H,5,8H2,1-4H3. The van der Waals surface area contributed by atoms with Crippen LogP contribution in [-0.4, -0.2) is 25.1 Å². The van der Waals surface area contributed by atoms with Crippen molar-refractivity contribution in [3.8, 4) is 17.2 Å². The van der Waals surface area contributed by atoms with E-state index in [-0.39, 0.29) is 5.78 Å². The van der Waals surface area contributed by atoms with Crippen LogP contribution in [0, 0.1) is 0 Å². The van der Waals surface area contributed by atoms with Crippen molar-refractivity contribution < 1.29 is 19.0 Å². The lowest BCUT2D eigenvalue weighted by Crippen LogP contribution is -2.36. The molecular formula is C14H18O4. The van der Waals surface area contributed by atoms with Gasteiger partial charge in [-0.3, -0.25) is 4.79 Å². The highest BCUT2D eigenvalue weighted by molar-refractivity contribution is 6.03. The molecule has 1 aromatic carbocycles. The Morgan fingerprint density at radius 2 is 2.11 bits per heavy atom. The van der Waals surface area contributed by atoms with E-state index in [1.165, 1.54) is 0 Å². The van der Waals surface area contributed by atoms with Crippen molar-refractivity contribution in [1.82, 2.24) is 0 Å². The Hall–Kier alpha value is -1.71. The van der Waals surface area contributed by atoms with Crippen LogP contribution in [0.2, 0.25) is 0 Å². The third-order valence-corrected chi connectivity index (χ3v) is 2.82. The summed E-state index contributed by atoms with van der Waals surface area (Å²) in [6, 6.07) is 3.47. The van der Waals surface area contributed by atoms with Crippen LogP contribution in [0.4, 0.5) is 0 Å². The highest BCUT2D eigenvalue weighted by Crippen LogP contribution is 2.41. The van der Waals surface area contributed by atoms with E-state index >= 15 is 0 Å². The highest BCUT2D eigenvalue weighted by Gasteiger charge is 2.35. The van der Waals surface area contributed by atoms with E-state index < -0.39 is 5.60 Å². The average Bonchev–Trinajstić information content (AvgIpc) is 2.26. The van der Waals surface area contributed by atoms with Crippen LogP contribution in [0.5, 0.6) is 17.2 Å². The number of fused-ring (bicyclic) bond motifs is 1. The molecule has 4 nitrogen and oxygen atoms in total. The van der Waals surface area contributed by atoms with Gasteiger partial charge < -0.3 is 14.2 Å². The van der Waals surface area contributed by atoms with E-state index in [1.54, 1.807) is 19.2 Å². The van der Waals surface area contributed by atoms with Gasteiger partial charge in [-0.1, -0.05) is 0 Å². The first kappa shape index (κ1) is 12.7. The lowest BCUT2D eigenvalue weighted by atomic mass is 9.92. The molecule has 1 aromatic rings. The summed E-state index contributed by atoms with van der Waals surface area (Å²) in [7, 11) is 1.54. The Morgan fingerprint density at radius 1 is 1.39 bits per heavy atom. The first-order valence-electron chi connectivity index (χ1n) is 6.04. The molecule has 4 heteroatoms. The molecule has 0 bridgehead atoms. The molecule has 0 aromatic heterocycles. The van der Waals surface area contributed by atoms with Crippen molar-refractivity contribution in [2.45, 2.75) is 32.8 Å². The molecule has 1 heterocycles. The molecule has 0 fully saturated rings. The van der Waals surface area contributed by atoms with Gasteiger partial charge in [-0.05, 0) is 20.8 Å². The first-order chi connectivity index (χ1) is 8.46. The average molecular weight is 250 g/mol. The summed E-state index contributed by atoms with van der Waals surface area (Å²) in [5.41, 5.74) is 0.0280. The van der Waals surface area contributed by atoms with Gasteiger partial charge in [0.05, 0.1) is 20.1 Å². The number of methoxy groups -OCH3 is 1. The molecule has 98 valence electrons. The quantitative estimate of drug-likeness (QED) is 0.827. The van der Waals surface area contributed by atoms with Crippen LogP contribution in [0.15, 0.2) is 12.1 Å². The first-order valence-corrected chi connectivity index (χ1v) is 6.04. The second-order valence-corrected chi connectivity index (χ2v) is 4.89. The Labute approximate surface area is 107 Å². The van der Waals surface area contributed by atoms with Crippen molar-refractivity contribution in [2.75, 3.05) is 13.7 Å². The number of hydrogen-bond donors (Lipinski definition) is 0. The van der Waals surface area contributed by atoms with E-state index in [0.29, 0.717) is 35.8 Å². The maximum Gasteiger partial charge on any atom is 0.174 e. The fraction of sp³-hybridized carbons (Fsp3) is 0.500. The minimum Gasteiger partial charge on any atom is -0.496 e. The Kier molecular flexibility index (Phi) is 3.20. The van der Waals surface area contributed by atoms with Crippen molar-refractivity contribution in [3.63, 3.8) is 0 Å². The van der Waals surface area contributed by atoms with Gasteiger partial charge in [0.15, 0.2) is 5.78 Å². The van der Waals surface area contributed by atoms with Crippen LogP contribution in [-0.2, 0) is 0 Å². The molecule has 0 N–H and O–H groups in total. The summed E-state index contributed by atoms with van der Waals surface area (Å²) in [6.45, 7) is 6.25. The van der Waals surface area contributed by atoms with E-state index in [1.807, 2.05) is 20.8 Å². The fourth-order valence-corrected chi connectivity index (χ4v) is 2.14. The maximum atomic E-state index is 12.1. The van der Waals surface area contributed by atoms with Crippen LogP contribution < -0.4 is 14.2 Å². The Bertz CT molecular complexity index is 477. The highest BCUT2D eigenvalue weighted by atomic mass is 16.5. The van der Waals surface area contributed by atoms with Gasteiger partial charge in [0.1, 0.15) is 28.4 Å². The van der Waals surface area contributed by atoms with Crippen molar-refractivity contribution in [1.29, 1.82) is 0 Å². The monoisotopic (exact) mass is 250 g/mol. The summed E-state index contributed by atoms with van der Waals surface area (Å²) in [5, 5.41) is 0. The van der Waals surface area contributed by atoms with Gasteiger partial charge in [-0.25, -0.2) is 0 Å². The van der Waals surface area contributed by atoms with E-state index in [4.69, 9.17) is 14.2 Å². The minimum absolute atomic E-state index is 0.0427. The van der Waals surface area contributed by atoms with Crippen LogP contribution in [0.3, 0.4) is 0 Å². The van der Waals surface area contributed by atoms with Crippen molar-refractivity contribution in [2.24, 2.45) is 0 Å². The molecule has 18 heavy (non-hydrogen) atoms.